The normalized spacial score (nSPS) is 35.2. The Morgan fingerprint density at radius 2 is 2.33 bits per heavy atom. The average molecular weight is 244 g/mol. The molecule has 0 bridgehead atoms. The van der Waals surface area contributed by atoms with Gasteiger partial charge in [-0.3, -0.25) is 0 Å². The molecular weight excluding hydrogens is 226 g/mol. The molecule has 1 aromatic rings. The summed E-state index contributed by atoms with van der Waals surface area (Å²) in [5.41, 5.74) is 0.406. The number of thiophene rings is 1. The molecule has 1 fully saturated rings. The van der Waals surface area contributed by atoms with E-state index in [-0.39, 0.29) is 0 Å². The van der Waals surface area contributed by atoms with Crippen molar-refractivity contribution >= 4 is 22.9 Å². The first-order valence-corrected chi connectivity index (χ1v) is 6.73. The molecule has 3 heteroatoms. The van der Waals surface area contributed by atoms with Crippen molar-refractivity contribution in [2.45, 2.75) is 38.6 Å². The molecule has 1 saturated carbocycles. The van der Waals surface area contributed by atoms with E-state index in [0.717, 1.165) is 4.34 Å². The van der Waals surface area contributed by atoms with Gasteiger partial charge in [0.15, 0.2) is 0 Å². The van der Waals surface area contributed by atoms with Crippen molar-refractivity contribution in [2.24, 2.45) is 5.41 Å². The number of hydrogen-bond acceptors (Lipinski definition) is 2. The van der Waals surface area contributed by atoms with Gasteiger partial charge < -0.3 is 5.32 Å². The summed E-state index contributed by atoms with van der Waals surface area (Å²) in [7, 11) is 2.07. The van der Waals surface area contributed by atoms with Crippen LogP contribution in [0.2, 0.25) is 4.34 Å². The monoisotopic (exact) mass is 243 g/mol. The summed E-state index contributed by atoms with van der Waals surface area (Å²) in [6, 6.07) is 4.87. The van der Waals surface area contributed by atoms with Gasteiger partial charge in [0.05, 0.1) is 4.34 Å². The van der Waals surface area contributed by atoms with E-state index in [1.807, 2.05) is 6.07 Å². The van der Waals surface area contributed by atoms with Crippen molar-refractivity contribution < 1.29 is 0 Å². The Balaban J connectivity index is 2.19. The molecule has 0 saturated heterocycles. The fourth-order valence-electron chi connectivity index (χ4n) is 2.75. The smallest absolute Gasteiger partial charge is 0.0931 e. The quantitative estimate of drug-likeness (QED) is 0.849. The summed E-state index contributed by atoms with van der Waals surface area (Å²) < 4.78 is 0.913. The molecule has 0 spiro atoms. The van der Waals surface area contributed by atoms with Crippen molar-refractivity contribution in [3.8, 4) is 0 Å². The van der Waals surface area contributed by atoms with Gasteiger partial charge in [-0.15, -0.1) is 11.3 Å². The van der Waals surface area contributed by atoms with Crippen molar-refractivity contribution in [3.63, 3.8) is 0 Å². The van der Waals surface area contributed by atoms with Gasteiger partial charge in [0.1, 0.15) is 0 Å². The van der Waals surface area contributed by atoms with Crippen molar-refractivity contribution in [2.75, 3.05) is 7.05 Å². The van der Waals surface area contributed by atoms with Crippen LogP contribution in [0.4, 0.5) is 0 Å². The zero-order valence-electron chi connectivity index (χ0n) is 9.51. The SMILES string of the molecule is CCC1(C)C(NC)CC1c1ccc(Cl)s1. The summed E-state index contributed by atoms with van der Waals surface area (Å²) in [6.45, 7) is 4.67. The highest BCUT2D eigenvalue weighted by atomic mass is 35.5. The molecule has 3 atom stereocenters. The van der Waals surface area contributed by atoms with Crippen LogP contribution < -0.4 is 5.32 Å². The highest BCUT2D eigenvalue weighted by Gasteiger charge is 2.50. The molecule has 0 aromatic carbocycles. The van der Waals surface area contributed by atoms with Crippen LogP contribution in [-0.2, 0) is 0 Å². The molecule has 1 aliphatic carbocycles. The fourth-order valence-corrected chi connectivity index (χ4v) is 4.09. The molecular formula is C12H18ClNS. The minimum absolute atomic E-state index is 0.406. The molecule has 84 valence electrons. The molecule has 0 radical (unpaired) electrons. The lowest BCUT2D eigenvalue weighted by molar-refractivity contribution is 0.0515. The van der Waals surface area contributed by atoms with Crippen molar-refractivity contribution in [1.29, 1.82) is 0 Å². The fraction of sp³-hybridized carbons (Fsp3) is 0.667. The standard InChI is InChI=1S/C12H18ClNS/c1-4-12(2)8(7-10(12)14-3)9-5-6-11(13)15-9/h5-6,8,10,14H,4,7H2,1-3H3. The zero-order valence-corrected chi connectivity index (χ0v) is 11.1. The van der Waals surface area contributed by atoms with E-state index in [2.05, 4.69) is 32.3 Å². The first-order valence-electron chi connectivity index (χ1n) is 5.54. The van der Waals surface area contributed by atoms with E-state index in [9.17, 15) is 0 Å². The maximum atomic E-state index is 6.00. The Morgan fingerprint density at radius 3 is 2.80 bits per heavy atom. The van der Waals surface area contributed by atoms with Crippen LogP contribution in [0, 0.1) is 5.41 Å². The second-order valence-electron chi connectivity index (χ2n) is 4.63. The first-order chi connectivity index (χ1) is 7.11. The minimum atomic E-state index is 0.406. The molecule has 2 rings (SSSR count). The maximum absolute atomic E-state index is 6.00. The summed E-state index contributed by atoms with van der Waals surface area (Å²) in [4.78, 5) is 1.45. The third-order valence-corrected chi connectivity index (χ3v) is 5.46. The predicted octanol–water partition coefficient (Wildman–Crippen LogP) is 3.89. The van der Waals surface area contributed by atoms with Gasteiger partial charge in [0, 0.05) is 16.8 Å². The molecule has 15 heavy (non-hydrogen) atoms. The largest absolute Gasteiger partial charge is 0.316 e. The van der Waals surface area contributed by atoms with E-state index in [4.69, 9.17) is 11.6 Å². The third-order valence-electron chi connectivity index (χ3n) is 4.11. The number of nitrogens with one attached hydrogen (secondary N) is 1. The summed E-state index contributed by atoms with van der Waals surface area (Å²) in [5.74, 6) is 0.692. The molecule has 3 unspecified atom stereocenters. The Morgan fingerprint density at radius 1 is 1.60 bits per heavy atom. The van der Waals surface area contributed by atoms with Crippen LogP contribution in [0.1, 0.15) is 37.5 Å². The van der Waals surface area contributed by atoms with Gasteiger partial charge >= 0.3 is 0 Å². The van der Waals surface area contributed by atoms with Crippen LogP contribution in [-0.4, -0.2) is 13.1 Å². The first kappa shape index (κ1) is 11.4. The molecule has 1 nitrogen and oxygen atoms in total. The highest BCUT2D eigenvalue weighted by molar-refractivity contribution is 7.16. The summed E-state index contributed by atoms with van der Waals surface area (Å²) in [5, 5.41) is 3.42. The molecule has 0 aliphatic heterocycles. The van der Waals surface area contributed by atoms with E-state index in [1.54, 1.807) is 11.3 Å². The lowest BCUT2D eigenvalue weighted by Crippen LogP contribution is -2.55. The Hall–Kier alpha value is -0.0500. The van der Waals surface area contributed by atoms with E-state index < -0.39 is 0 Å². The van der Waals surface area contributed by atoms with E-state index in [0.29, 0.717) is 17.4 Å². The number of halogens is 1. The molecule has 1 heterocycles. The molecule has 1 aliphatic rings. The van der Waals surface area contributed by atoms with Gasteiger partial charge in [0.25, 0.3) is 0 Å². The van der Waals surface area contributed by atoms with Crippen molar-refractivity contribution in [3.05, 3.63) is 21.3 Å². The van der Waals surface area contributed by atoms with Crippen LogP contribution in [0.25, 0.3) is 0 Å². The Labute approximate surface area is 101 Å². The van der Waals surface area contributed by atoms with Gasteiger partial charge in [-0.25, -0.2) is 0 Å². The highest BCUT2D eigenvalue weighted by Crippen LogP contribution is 2.56. The van der Waals surface area contributed by atoms with Gasteiger partial charge in [-0.05, 0) is 37.4 Å². The minimum Gasteiger partial charge on any atom is -0.316 e. The summed E-state index contributed by atoms with van der Waals surface area (Å²) >= 11 is 7.73. The van der Waals surface area contributed by atoms with Gasteiger partial charge in [0.2, 0.25) is 0 Å². The average Bonchev–Trinajstić information content (AvgIpc) is 2.62. The number of hydrogen-bond donors (Lipinski definition) is 1. The van der Waals surface area contributed by atoms with Gasteiger partial charge in [-0.2, -0.15) is 0 Å². The maximum Gasteiger partial charge on any atom is 0.0931 e. The molecule has 1 N–H and O–H groups in total. The van der Waals surface area contributed by atoms with E-state index >= 15 is 0 Å². The van der Waals surface area contributed by atoms with E-state index in [1.165, 1.54) is 17.7 Å². The lowest BCUT2D eigenvalue weighted by Gasteiger charge is -2.54. The van der Waals surface area contributed by atoms with Crippen molar-refractivity contribution in [1.82, 2.24) is 5.32 Å². The lowest BCUT2D eigenvalue weighted by atomic mass is 9.55. The van der Waals surface area contributed by atoms with Crippen LogP contribution in [0.3, 0.4) is 0 Å². The molecule has 1 aromatic heterocycles. The van der Waals surface area contributed by atoms with Crippen LogP contribution >= 0.6 is 22.9 Å². The van der Waals surface area contributed by atoms with Gasteiger partial charge in [-0.1, -0.05) is 25.4 Å². The summed E-state index contributed by atoms with van der Waals surface area (Å²) in [6.07, 6.45) is 2.47. The topological polar surface area (TPSA) is 12.0 Å². The third kappa shape index (κ3) is 1.73. The molecule has 0 amide bonds. The second kappa shape index (κ2) is 4.08. The predicted molar refractivity (Wildman–Crippen MR) is 67.9 cm³/mol. The Kier molecular flexibility index (Phi) is 3.11. The zero-order chi connectivity index (χ0) is 11.1. The van der Waals surface area contributed by atoms with Crippen LogP contribution in [0.5, 0.6) is 0 Å². The Bertz CT molecular complexity index is 349. The second-order valence-corrected chi connectivity index (χ2v) is 6.38. The number of rotatable bonds is 3. The van der Waals surface area contributed by atoms with Crippen LogP contribution in [0.15, 0.2) is 12.1 Å².